The van der Waals surface area contributed by atoms with Gasteiger partial charge in [0.2, 0.25) is 0 Å². The van der Waals surface area contributed by atoms with Crippen LogP contribution in [0.1, 0.15) is 108 Å². The van der Waals surface area contributed by atoms with Gasteiger partial charge in [-0.05, 0) is 80.6 Å². The fourth-order valence-corrected chi connectivity index (χ4v) is 6.13. The fourth-order valence-electron chi connectivity index (χ4n) is 6.13. The summed E-state index contributed by atoms with van der Waals surface area (Å²) in [6, 6.07) is 29.7. The van der Waals surface area contributed by atoms with Crippen LogP contribution in [0.5, 0.6) is 0 Å². The van der Waals surface area contributed by atoms with Gasteiger partial charge in [0.05, 0.1) is 0 Å². The predicted molar refractivity (Wildman–Crippen MR) is 213 cm³/mol. The van der Waals surface area contributed by atoms with Crippen molar-refractivity contribution >= 4 is 50.3 Å². The Morgan fingerprint density at radius 2 is 1.04 bits per heavy atom. The minimum atomic E-state index is -1.38. The largest absolute Gasteiger partial charge is 0.488 e. The number of hydrogen-bond donors (Lipinski definition) is 8. The van der Waals surface area contributed by atoms with Gasteiger partial charge in [0.1, 0.15) is 0 Å². The average molecular weight is 696 g/mol. The van der Waals surface area contributed by atoms with Crippen LogP contribution in [0.4, 0.5) is 0 Å². The Morgan fingerprint density at radius 1 is 0.569 bits per heavy atom. The molecular formula is C39H56B4O8. The number of rotatable bonds is 7. The Bertz CT molecular complexity index is 1520. The van der Waals surface area contributed by atoms with Gasteiger partial charge in [-0.15, -0.1) is 0 Å². The van der Waals surface area contributed by atoms with Crippen molar-refractivity contribution in [1.82, 2.24) is 0 Å². The van der Waals surface area contributed by atoms with E-state index in [-0.39, 0.29) is 5.41 Å². The van der Waals surface area contributed by atoms with E-state index in [9.17, 15) is 10.0 Å². The maximum absolute atomic E-state index is 9.29. The van der Waals surface area contributed by atoms with Crippen molar-refractivity contribution in [2.24, 2.45) is 0 Å². The summed E-state index contributed by atoms with van der Waals surface area (Å²) in [5.74, 6) is 0.847. The van der Waals surface area contributed by atoms with Crippen LogP contribution in [-0.4, -0.2) is 68.7 Å². The molecular weight excluding hydrogens is 640 g/mol. The molecule has 0 saturated heterocycles. The first-order valence-electron chi connectivity index (χ1n) is 17.9. The summed E-state index contributed by atoms with van der Waals surface area (Å²) in [5.41, 5.74) is 6.67. The summed E-state index contributed by atoms with van der Waals surface area (Å²) in [6.07, 6.45) is 7.19. The maximum atomic E-state index is 9.29. The zero-order chi connectivity index (χ0) is 38.1. The highest BCUT2D eigenvalue weighted by Crippen LogP contribution is 2.31. The summed E-state index contributed by atoms with van der Waals surface area (Å²) in [4.78, 5) is 0. The lowest BCUT2D eigenvalue weighted by atomic mass is 9.70. The van der Waals surface area contributed by atoms with Crippen LogP contribution in [0.2, 0.25) is 0 Å². The third-order valence-corrected chi connectivity index (χ3v) is 8.95. The van der Waals surface area contributed by atoms with E-state index in [1.807, 2.05) is 101 Å². The summed E-state index contributed by atoms with van der Waals surface area (Å²) < 4.78 is 0. The smallest absolute Gasteiger partial charge is 0.423 e. The Labute approximate surface area is 306 Å². The summed E-state index contributed by atoms with van der Waals surface area (Å²) in [7, 11) is -5.41. The van der Waals surface area contributed by atoms with E-state index in [2.05, 4.69) is 6.92 Å². The molecule has 0 heterocycles. The molecule has 1 aliphatic carbocycles. The van der Waals surface area contributed by atoms with E-state index in [4.69, 9.17) is 30.1 Å². The zero-order valence-corrected chi connectivity index (χ0v) is 31.0. The number of aryl methyl sites for hydroxylation is 1. The second-order valence-electron chi connectivity index (χ2n) is 14.2. The second-order valence-corrected chi connectivity index (χ2v) is 14.2. The third kappa shape index (κ3) is 14.8. The van der Waals surface area contributed by atoms with Crippen LogP contribution in [-0.2, 0) is 11.8 Å². The van der Waals surface area contributed by atoms with E-state index in [1.54, 1.807) is 30.3 Å². The van der Waals surface area contributed by atoms with Crippen molar-refractivity contribution in [1.29, 1.82) is 0 Å². The van der Waals surface area contributed by atoms with Crippen molar-refractivity contribution in [3.05, 3.63) is 119 Å². The molecule has 1 fully saturated rings. The second kappa shape index (κ2) is 22.0. The molecule has 0 spiro atoms. The molecule has 0 aliphatic heterocycles. The highest BCUT2D eigenvalue weighted by atomic mass is 16.4. The first-order chi connectivity index (χ1) is 24.1. The SMILES string of the molecule is CC(C)(C)c1ccccc1B(O)O.CC(C)c1ccccc1B(O)O.CCc1ccc(B(O)O)cc1.OB(O)c1ccccc1C1CCCCC1. The molecule has 4 aromatic carbocycles. The quantitative estimate of drug-likeness (QED) is 0.137. The van der Waals surface area contributed by atoms with Crippen LogP contribution in [0.25, 0.3) is 0 Å². The van der Waals surface area contributed by atoms with E-state index >= 15 is 0 Å². The molecule has 0 amide bonds. The minimum absolute atomic E-state index is 0.0553. The van der Waals surface area contributed by atoms with Crippen molar-refractivity contribution in [3.63, 3.8) is 0 Å². The Morgan fingerprint density at radius 3 is 1.47 bits per heavy atom. The molecule has 8 nitrogen and oxygen atoms in total. The molecule has 1 aliphatic rings. The highest BCUT2D eigenvalue weighted by Gasteiger charge is 2.24. The Balaban J connectivity index is 0.000000237. The molecule has 0 aromatic heterocycles. The van der Waals surface area contributed by atoms with Crippen LogP contribution in [0.3, 0.4) is 0 Å². The third-order valence-electron chi connectivity index (χ3n) is 8.95. The predicted octanol–water partition coefficient (Wildman–Crippen LogP) is 2.50. The van der Waals surface area contributed by atoms with Crippen molar-refractivity contribution in [2.75, 3.05) is 0 Å². The minimum Gasteiger partial charge on any atom is -0.423 e. The monoisotopic (exact) mass is 696 g/mol. The molecule has 12 heteroatoms. The lowest BCUT2D eigenvalue weighted by Gasteiger charge is -2.24. The van der Waals surface area contributed by atoms with Gasteiger partial charge in [0, 0.05) is 0 Å². The molecule has 0 radical (unpaired) electrons. The molecule has 4 aromatic rings. The first kappa shape index (κ1) is 44.0. The first-order valence-corrected chi connectivity index (χ1v) is 17.9. The van der Waals surface area contributed by atoms with Crippen LogP contribution in [0, 0.1) is 0 Å². The van der Waals surface area contributed by atoms with Crippen LogP contribution < -0.4 is 21.9 Å². The number of benzene rings is 4. The molecule has 5 rings (SSSR count). The summed E-state index contributed by atoms with van der Waals surface area (Å²) in [5, 5.41) is 72.3. The average Bonchev–Trinajstić information content (AvgIpc) is 3.12. The lowest BCUT2D eigenvalue weighted by molar-refractivity contribution is 0.419. The Hall–Kier alpha value is -3.18. The normalized spacial score (nSPS) is 12.7. The van der Waals surface area contributed by atoms with Gasteiger partial charge in [-0.25, -0.2) is 0 Å². The molecule has 0 unspecified atom stereocenters. The lowest BCUT2D eigenvalue weighted by Crippen LogP contribution is -2.36. The zero-order valence-electron chi connectivity index (χ0n) is 31.0. The maximum Gasteiger partial charge on any atom is 0.488 e. The van der Waals surface area contributed by atoms with E-state index in [0.29, 0.717) is 33.7 Å². The van der Waals surface area contributed by atoms with Crippen LogP contribution in [0.15, 0.2) is 97.1 Å². The van der Waals surface area contributed by atoms with Gasteiger partial charge in [-0.2, -0.15) is 0 Å². The van der Waals surface area contributed by atoms with Crippen LogP contribution >= 0.6 is 0 Å². The topological polar surface area (TPSA) is 162 Å². The standard InChI is InChI=1S/C12H17BO2.C10H15BO2.C9H13BO2.C8H11BO2/c14-13(15)12-9-5-4-8-11(12)10-6-2-1-3-7-10;1-10(2,3)8-6-4-5-7-9(8)11(12)13;1-7(2)8-5-3-4-6-9(8)10(11)12;1-2-7-3-5-8(6-4-7)9(10)11/h4-5,8-10,14-15H,1-3,6-7H2;4-7,12-13H,1-3H3;3-7,11-12H,1-2H3;3-6,10-11H,2H2,1H3. The van der Waals surface area contributed by atoms with Crippen molar-refractivity contribution in [2.45, 2.75) is 97.3 Å². The fraction of sp³-hybridized carbons (Fsp3) is 0.385. The molecule has 0 bridgehead atoms. The Kier molecular flexibility index (Phi) is 19.0. The van der Waals surface area contributed by atoms with E-state index in [1.165, 1.54) is 37.7 Å². The van der Waals surface area contributed by atoms with Gasteiger partial charge in [-0.1, -0.05) is 158 Å². The number of hydrogen-bond acceptors (Lipinski definition) is 8. The van der Waals surface area contributed by atoms with Gasteiger partial charge < -0.3 is 40.2 Å². The van der Waals surface area contributed by atoms with Gasteiger partial charge in [0.15, 0.2) is 0 Å². The van der Waals surface area contributed by atoms with Gasteiger partial charge in [0.25, 0.3) is 0 Å². The molecule has 272 valence electrons. The van der Waals surface area contributed by atoms with Crippen molar-refractivity contribution < 1.29 is 40.2 Å². The molecule has 0 atom stereocenters. The molecule has 1 saturated carbocycles. The van der Waals surface area contributed by atoms with E-state index in [0.717, 1.165) is 23.1 Å². The molecule has 8 N–H and O–H groups in total. The summed E-state index contributed by atoms with van der Waals surface area (Å²) in [6.45, 7) is 12.3. The summed E-state index contributed by atoms with van der Waals surface area (Å²) >= 11 is 0. The highest BCUT2D eigenvalue weighted by molar-refractivity contribution is 6.60. The van der Waals surface area contributed by atoms with Gasteiger partial charge >= 0.3 is 28.5 Å². The van der Waals surface area contributed by atoms with Gasteiger partial charge in [-0.3, -0.25) is 0 Å². The van der Waals surface area contributed by atoms with E-state index < -0.39 is 28.5 Å². The molecule has 51 heavy (non-hydrogen) atoms. The van der Waals surface area contributed by atoms with Crippen molar-refractivity contribution in [3.8, 4) is 0 Å².